The van der Waals surface area contributed by atoms with Gasteiger partial charge in [-0.1, -0.05) is 12.1 Å². The summed E-state index contributed by atoms with van der Waals surface area (Å²) < 4.78 is 15.5. The lowest BCUT2D eigenvalue weighted by Crippen LogP contribution is -2.55. The summed E-state index contributed by atoms with van der Waals surface area (Å²) in [6.07, 6.45) is 8.39. The summed E-state index contributed by atoms with van der Waals surface area (Å²) in [4.78, 5) is 25.2. The molecule has 5 rings (SSSR count). The van der Waals surface area contributed by atoms with Crippen LogP contribution in [-0.2, 0) is 11.2 Å². The summed E-state index contributed by atoms with van der Waals surface area (Å²) >= 11 is 1.69. The molecule has 0 aliphatic carbocycles. The zero-order valence-corrected chi connectivity index (χ0v) is 17.7. The van der Waals surface area contributed by atoms with E-state index >= 15 is 0 Å². The average molecular weight is 425 g/mol. The Morgan fingerprint density at radius 2 is 2.00 bits per heavy atom. The Labute approximate surface area is 179 Å². The molecule has 4 heterocycles. The molecule has 2 aromatic heterocycles. The van der Waals surface area contributed by atoms with Crippen LogP contribution in [-0.4, -0.2) is 45.9 Å². The maximum Gasteiger partial charge on any atom is 0.222 e. The first-order valence-corrected chi connectivity index (χ1v) is 11.6. The zero-order chi connectivity index (χ0) is 20.5. The van der Waals surface area contributed by atoms with E-state index in [0.717, 1.165) is 37.6 Å². The van der Waals surface area contributed by atoms with Crippen molar-refractivity contribution in [2.24, 2.45) is 0 Å². The van der Waals surface area contributed by atoms with Crippen LogP contribution in [0.1, 0.15) is 37.7 Å². The van der Waals surface area contributed by atoms with Gasteiger partial charge in [0.1, 0.15) is 0 Å². The molecule has 0 saturated carbocycles. The molecular weight excluding hydrogens is 399 g/mol. The molecule has 7 heteroatoms. The third-order valence-electron chi connectivity index (χ3n) is 6.39. The fraction of sp³-hybridized carbons (Fsp3) is 0.435. The van der Waals surface area contributed by atoms with Crippen molar-refractivity contribution in [2.45, 2.75) is 50.6 Å². The van der Waals surface area contributed by atoms with Crippen molar-refractivity contribution in [3.63, 3.8) is 0 Å². The van der Waals surface area contributed by atoms with Crippen LogP contribution in [0.3, 0.4) is 0 Å². The van der Waals surface area contributed by atoms with Crippen molar-refractivity contribution in [1.82, 2.24) is 14.9 Å². The second-order valence-electron chi connectivity index (χ2n) is 8.24. The molecule has 2 saturated heterocycles. The quantitative estimate of drug-likeness (QED) is 0.550. The first-order chi connectivity index (χ1) is 14.7. The number of nitrogens with zero attached hydrogens (tertiary/aromatic N) is 4. The lowest BCUT2D eigenvalue weighted by molar-refractivity contribution is -0.132. The molecule has 2 unspecified atom stereocenters. The number of pyridine rings is 1. The minimum atomic E-state index is -0.273. The van der Waals surface area contributed by atoms with Crippen molar-refractivity contribution in [3.8, 4) is 0 Å². The van der Waals surface area contributed by atoms with E-state index in [9.17, 15) is 9.18 Å². The van der Waals surface area contributed by atoms with Crippen molar-refractivity contribution in [1.29, 1.82) is 0 Å². The maximum atomic E-state index is 14.2. The van der Waals surface area contributed by atoms with Crippen LogP contribution in [0.5, 0.6) is 0 Å². The van der Waals surface area contributed by atoms with Gasteiger partial charge < -0.3 is 9.80 Å². The Kier molecular flexibility index (Phi) is 5.37. The minimum Gasteiger partial charge on any atom is -0.360 e. The number of fused-ring (bicyclic) bond motifs is 3. The summed E-state index contributed by atoms with van der Waals surface area (Å²) in [7, 11) is 0. The van der Waals surface area contributed by atoms with Crippen molar-refractivity contribution in [2.75, 3.05) is 18.0 Å². The minimum absolute atomic E-state index is 0.202. The second kappa shape index (κ2) is 8.30. The number of thiazole rings is 1. The van der Waals surface area contributed by atoms with Gasteiger partial charge in [-0.25, -0.2) is 9.37 Å². The fourth-order valence-electron chi connectivity index (χ4n) is 4.97. The number of amides is 1. The molecule has 0 spiro atoms. The molecule has 1 amide bonds. The summed E-state index contributed by atoms with van der Waals surface area (Å²) in [5, 5.41) is 0. The fourth-order valence-corrected chi connectivity index (χ4v) is 5.80. The molecule has 1 aromatic carbocycles. The smallest absolute Gasteiger partial charge is 0.222 e. The standard InChI is InChI=1S/C23H25FN4OS/c24-19-12-25-11-10-21(19)28-17-8-9-18(28)14-27(13-17)22(29)7-2-1-4-16-5-3-6-20-23(16)30-15-26-20/h3,5-6,10-12,15,17-18H,1-2,4,7-9,13-14H2. The molecule has 0 radical (unpaired) electrons. The summed E-state index contributed by atoms with van der Waals surface area (Å²) in [5.41, 5.74) is 4.91. The van der Waals surface area contributed by atoms with Gasteiger partial charge in [-0.3, -0.25) is 9.78 Å². The first-order valence-electron chi connectivity index (χ1n) is 10.7. The van der Waals surface area contributed by atoms with Crippen molar-refractivity contribution >= 4 is 33.1 Å². The molecular formula is C23H25FN4OS. The molecule has 2 bridgehead atoms. The summed E-state index contributed by atoms with van der Waals surface area (Å²) in [6, 6.07) is 8.43. The highest BCUT2D eigenvalue weighted by molar-refractivity contribution is 7.16. The molecule has 0 N–H and O–H groups in total. The van der Waals surface area contributed by atoms with Crippen LogP contribution in [0, 0.1) is 5.82 Å². The van der Waals surface area contributed by atoms with E-state index in [4.69, 9.17) is 0 Å². The predicted molar refractivity (Wildman–Crippen MR) is 117 cm³/mol. The van der Waals surface area contributed by atoms with Gasteiger partial charge in [-0.05, 0) is 49.8 Å². The first kappa shape index (κ1) is 19.4. The van der Waals surface area contributed by atoms with E-state index in [1.165, 1.54) is 16.5 Å². The molecule has 2 fully saturated rings. The number of halogens is 1. The van der Waals surface area contributed by atoms with Gasteiger partial charge in [0, 0.05) is 37.8 Å². The molecule has 5 nitrogen and oxygen atoms in total. The van der Waals surface area contributed by atoms with Crippen LogP contribution in [0.15, 0.2) is 42.2 Å². The number of hydrogen-bond donors (Lipinski definition) is 0. The Balaban J connectivity index is 1.15. The second-order valence-corrected chi connectivity index (χ2v) is 9.10. The van der Waals surface area contributed by atoms with Crippen molar-refractivity contribution in [3.05, 3.63) is 53.6 Å². The highest BCUT2D eigenvalue weighted by Gasteiger charge is 2.42. The van der Waals surface area contributed by atoms with Gasteiger partial charge in [0.05, 0.1) is 27.6 Å². The van der Waals surface area contributed by atoms with Crippen LogP contribution in [0.4, 0.5) is 10.1 Å². The number of hydrogen-bond acceptors (Lipinski definition) is 5. The van der Waals surface area contributed by atoms with E-state index in [1.807, 2.05) is 16.5 Å². The number of carbonyl (C=O) groups excluding carboxylic acids is 1. The monoisotopic (exact) mass is 424 g/mol. The number of aryl methyl sites for hydroxylation is 1. The Morgan fingerprint density at radius 3 is 2.80 bits per heavy atom. The number of benzene rings is 1. The van der Waals surface area contributed by atoms with E-state index in [0.29, 0.717) is 25.2 Å². The summed E-state index contributed by atoms with van der Waals surface area (Å²) in [5.74, 6) is -0.0390. The normalized spacial score (nSPS) is 20.8. The topological polar surface area (TPSA) is 49.3 Å². The predicted octanol–water partition coefficient (Wildman–Crippen LogP) is 4.42. The van der Waals surface area contributed by atoms with Crippen LogP contribution < -0.4 is 4.90 Å². The Bertz CT molecular complexity index is 1040. The van der Waals surface area contributed by atoms with Gasteiger partial charge in [-0.2, -0.15) is 0 Å². The third-order valence-corrected chi connectivity index (χ3v) is 7.31. The van der Waals surface area contributed by atoms with E-state index in [2.05, 4.69) is 27.0 Å². The number of unbranched alkanes of at least 4 members (excludes halogenated alkanes) is 1. The number of likely N-dealkylation sites (tertiary alicyclic amines) is 1. The van der Waals surface area contributed by atoms with Crippen molar-refractivity contribution < 1.29 is 9.18 Å². The molecule has 2 atom stereocenters. The van der Waals surface area contributed by atoms with Crippen LogP contribution in [0.2, 0.25) is 0 Å². The molecule has 2 aliphatic heterocycles. The Hall–Kier alpha value is -2.54. The number of rotatable bonds is 6. The number of piperazine rings is 1. The number of carbonyl (C=O) groups is 1. The van der Waals surface area contributed by atoms with Gasteiger partial charge >= 0.3 is 0 Å². The highest BCUT2D eigenvalue weighted by Crippen LogP contribution is 2.36. The number of anilines is 1. The van der Waals surface area contributed by atoms with Gasteiger partial charge in [-0.15, -0.1) is 11.3 Å². The van der Waals surface area contributed by atoms with Gasteiger partial charge in [0.25, 0.3) is 0 Å². The molecule has 2 aliphatic rings. The molecule has 3 aromatic rings. The van der Waals surface area contributed by atoms with Crippen LogP contribution >= 0.6 is 11.3 Å². The summed E-state index contributed by atoms with van der Waals surface area (Å²) in [6.45, 7) is 1.38. The lowest BCUT2D eigenvalue weighted by Gasteiger charge is -2.42. The zero-order valence-electron chi connectivity index (χ0n) is 16.8. The van der Waals surface area contributed by atoms with Gasteiger partial charge in [0.2, 0.25) is 5.91 Å². The van der Waals surface area contributed by atoms with E-state index in [1.54, 1.807) is 23.6 Å². The Morgan fingerprint density at radius 1 is 1.17 bits per heavy atom. The maximum absolute atomic E-state index is 14.2. The highest BCUT2D eigenvalue weighted by atomic mass is 32.1. The molecule has 30 heavy (non-hydrogen) atoms. The lowest BCUT2D eigenvalue weighted by atomic mass is 10.1. The third kappa shape index (κ3) is 3.67. The molecule has 156 valence electrons. The average Bonchev–Trinajstić information content (AvgIpc) is 3.33. The van der Waals surface area contributed by atoms with Crippen LogP contribution in [0.25, 0.3) is 10.2 Å². The number of aromatic nitrogens is 2. The van der Waals surface area contributed by atoms with Gasteiger partial charge in [0.15, 0.2) is 5.82 Å². The largest absolute Gasteiger partial charge is 0.360 e. The van der Waals surface area contributed by atoms with E-state index in [-0.39, 0.29) is 23.8 Å². The SMILES string of the molecule is O=C(CCCCc1cccc2ncsc12)N1CC2CCC(C1)N2c1ccncc1F. The van der Waals surface area contributed by atoms with E-state index < -0.39 is 0 Å².